The van der Waals surface area contributed by atoms with E-state index in [2.05, 4.69) is 15.6 Å². The van der Waals surface area contributed by atoms with Crippen molar-refractivity contribution < 1.29 is 38.0 Å². The SMILES string of the molecule is CO[C@@H]1O[C@@H](C)[C@H](N=C(NC(=O)OC(C)(C)C)NC(=O)OC(C)(C)C)[C@H]2OC(C)(C)O[C@@H]12. The van der Waals surface area contributed by atoms with Crippen LogP contribution < -0.4 is 10.6 Å². The summed E-state index contributed by atoms with van der Waals surface area (Å²) in [5.41, 5.74) is -1.49. The lowest BCUT2D eigenvalue weighted by molar-refractivity contribution is -0.241. The molecule has 0 unspecified atom stereocenters. The number of aliphatic imine (C=N–C) groups is 1. The highest BCUT2D eigenvalue weighted by Crippen LogP contribution is 2.38. The van der Waals surface area contributed by atoms with Crippen molar-refractivity contribution in [2.75, 3.05) is 7.11 Å². The van der Waals surface area contributed by atoms with Gasteiger partial charge in [-0.25, -0.2) is 14.6 Å². The van der Waals surface area contributed by atoms with Crippen LogP contribution in [0.2, 0.25) is 0 Å². The molecule has 2 rings (SSSR count). The molecule has 0 bridgehead atoms. The molecule has 0 saturated carbocycles. The normalized spacial score (nSPS) is 29.5. The molecular formula is C21H37N3O8. The quantitative estimate of drug-likeness (QED) is 0.477. The first-order chi connectivity index (χ1) is 14.5. The van der Waals surface area contributed by atoms with Crippen LogP contribution in [0.3, 0.4) is 0 Å². The Hall–Kier alpha value is -1.95. The van der Waals surface area contributed by atoms with Crippen LogP contribution in [0, 0.1) is 0 Å². The first kappa shape index (κ1) is 26.3. The Morgan fingerprint density at radius 3 is 1.81 bits per heavy atom. The molecule has 5 atom stereocenters. The number of amides is 2. The zero-order valence-electron chi connectivity index (χ0n) is 20.6. The van der Waals surface area contributed by atoms with Crippen LogP contribution in [0.5, 0.6) is 0 Å². The summed E-state index contributed by atoms with van der Waals surface area (Å²) in [6.45, 7) is 15.7. The van der Waals surface area contributed by atoms with Crippen molar-refractivity contribution in [3.63, 3.8) is 0 Å². The van der Waals surface area contributed by atoms with E-state index in [9.17, 15) is 9.59 Å². The molecule has 11 heteroatoms. The highest BCUT2D eigenvalue weighted by Gasteiger charge is 2.54. The van der Waals surface area contributed by atoms with Gasteiger partial charge < -0.3 is 28.4 Å². The van der Waals surface area contributed by atoms with E-state index in [1.807, 2.05) is 0 Å². The lowest BCUT2D eigenvalue weighted by Gasteiger charge is -2.38. The Labute approximate surface area is 189 Å². The fourth-order valence-electron chi connectivity index (χ4n) is 3.34. The molecule has 0 aromatic heterocycles. The van der Waals surface area contributed by atoms with Gasteiger partial charge in [0.15, 0.2) is 12.1 Å². The molecule has 2 fully saturated rings. The van der Waals surface area contributed by atoms with E-state index in [-0.39, 0.29) is 5.96 Å². The second-order valence-corrected chi connectivity index (χ2v) is 10.2. The van der Waals surface area contributed by atoms with Crippen LogP contribution in [0.4, 0.5) is 9.59 Å². The number of hydrogen-bond donors (Lipinski definition) is 2. The van der Waals surface area contributed by atoms with E-state index in [0.717, 1.165) is 0 Å². The molecule has 11 nitrogen and oxygen atoms in total. The number of alkyl carbamates (subject to hydrolysis) is 2. The summed E-state index contributed by atoms with van der Waals surface area (Å²) in [5.74, 6) is -1.04. The van der Waals surface area contributed by atoms with Crippen molar-refractivity contribution in [2.24, 2.45) is 4.99 Å². The molecule has 32 heavy (non-hydrogen) atoms. The number of ether oxygens (including phenoxy) is 6. The van der Waals surface area contributed by atoms with Crippen LogP contribution in [0.1, 0.15) is 62.3 Å². The number of rotatable bonds is 2. The lowest BCUT2D eigenvalue weighted by atomic mass is 9.97. The third kappa shape index (κ3) is 7.58. The van der Waals surface area contributed by atoms with Gasteiger partial charge >= 0.3 is 12.2 Å². The van der Waals surface area contributed by atoms with E-state index in [1.54, 1.807) is 62.3 Å². The highest BCUT2D eigenvalue weighted by atomic mass is 16.8. The minimum Gasteiger partial charge on any atom is -0.444 e. The highest BCUT2D eigenvalue weighted by molar-refractivity contribution is 6.01. The van der Waals surface area contributed by atoms with Crippen molar-refractivity contribution in [3.05, 3.63) is 0 Å². The van der Waals surface area contributed by atoms with Gasteiger partial charge in [-0.3, -0.25) is 10.6 Å². The maximum absolute atomic E-state index is 12.4. The molecule has 2 saturated heterocycles. The van der Waals surface area contributed by atoms with Crippen molar-refractivity contribution in [1.82, 2.24) is 10.6 Å². The number of fused-ring (bicyclic) bond motifs is 1. The Morgan fingerprint density at radius 1 is 0.906 bits per heavy atom. The van der Waals surface area contributed by atoms with Gasteiger partial charge in [0.25, 0.3) is 0 Å². The fourth-order valence-corrected chi connectivity index (χ4v) is 3.34. The first-order valence-corrected chi connectivity index (χ1v) is 10.6. The molecule has 2 heterocycles. The fraction of sp³-hybridized carbons (Fsp3) is 0.857. The van der Waals surface area contributed by atoms with E-state index < -0.39 is 59.8 Å². The lowest BCUT2D eigenvalue weighted by Crippen LogP contribution is -2.56. The van der Waals surface area contributed by atoms with E-state index in [0.29, 0.717) is 0 Å². The number of guanidine groups is 1. The third-order valence-corrected chi connectivity index (χ3v) is 4.35. The number of nitrogens with one attached hydrogen (secondary N) is 2. The summed E-state index contributed by atoms with van der Waals surface area (Å²) < 4.78 is 33.9. The van der Waals surface area contributed by atoms with Gasteiger partial charge in [0.05, 0.1) is 6.10 Å². The number of methoxy groups -OCH3 is 1. The molecule has 0 aliphatic carbocycles. The van der Waals surface area contributed by atoms with Gasteiger partial charge in [-0.1, -0.05) is 0 Å². The summed E-state index contributed by atoms with van der Waals surface area (Å²) in [7, 11) is 1.52. The zero-order chi connectivity index (χ0) is 24.5. The van der Waals surface area contributed by atoms with Crippen molar-refractivity contribution >= 4 is 18.1 Å². The van der Waals surface area contributed by atoms with E-state index >= 15 is 0 Å². The van der Waals surface area contributed by atoms with Gasteiger partial charge in [-0.2, -0.15) is 0 Å². The molecule has 0 radical (unpaired) electrons. The van der Waals surface area contributed by atoms with Crippen molar-refractivity contribution in [2.45, 2.75) is 110 Å². The molecule has 2 amide bonds. The van der Waals surface area contributed by atoms with Gasteiger partial charge in [-0.05, 0) is 62.3 Å². The predicted octanol–water partition coefficient (Wildman–Crippen LogP) is 2.67. The Kier molecular flexibility index (Phi) is 7.81. The Balaban J connectivity index is 2.32. The minimum atomic E-state index is -0.884. The molecule has 0 aromatic rings. The number of carbonyl (C=O) groups is 2. The maximum Gasteiger partial charge on any atom is 0.414 e. The van der Waals surface area contributed by atoms with Crippen LogP contribution >= 0.6 is 0 Å². The molecule has 2 aliphatic rings. The average molecular weight is 460 g/mol. The van der Waals surface area contributed by atoms with Gasteiger partial charge in [0.2, 0.25) is 5.96 Å². The minimum absolute atomic E-state index is 0.156. The second kappa shape index (κ2) is 9.50. The van der Waals surface area contributed by atoms with Crippen molar-refractivity contribution in [3.8, 4) is 0 Å². The third-order valence-electron chi connectivity index (χ3n) is 4.35. The summed E-state index contributed by atoms with van der Waals surface area (Å²) in [4.78, 5) is 29.3. The zero-order valence-corrected chi connectivity index (χ0v) is 20.6. The number of nitrogens with zero attached hydrogens (tertiary/aromatic N) is 1. The van der Waals surface area contributed by atoms with Gasteiger partial charge in [-0.15, -0.1) is 0 Å². The summed E-state index contributed by atoms with van der Waals surface area (Å²) in [6, 6.07) is -0.631. The molecule has 184 valence electrons. The Morgan fingerprint density at radius 2 is 1.38 bits per heavy atom. The summed E-state index contributed by atoms with van der Waals surface area (Å²) >= 11 is 0. The molecular weight excluding hydrogens is 422 g/mol. The van der Waals surface area contributed by atoms with Crippen LogP contribution in [-0.4, -0.2) is 72.9 Å². The molecule has 0 spiro atoms. The van der Waals surface area contributed by atoms with Crippen molar-refractivity contribution in [1.29, 1.82) is 0 Å². The summed E-state index contributed by atoms with van der Waals surface area (Å²) in [5, 5.41) is 4.96. The summed E-state index contributed by atoms with van der Waals surface area (Å²) in [6.07, 6.45) is -3.79. The molecule has 2 N–H and O–H groups in total. The smallest absolute Gasteiger partial charge is 0.414 e. The largest absolute Gasteiger partial charge is 0.444 e. The molecule has 0 aromatic carbocycles. The van der Waals surface area contributed by atoms with Crippen LogP contribution in [0.15, 0.2) is 4.99 Å². The van der Waals surface area contributed by atoms with Gasteiger partial charge in [0.1, 0.15) is 29.5 Å². The Bertz CT molecular complexity index is 694. The topological polar surface area (TPSA) is 126 Å². The van der Waals surface area contributed by atoms with Gasteiger partial charge in [0, 0.05) is 7.11 Å². The van der Waals surface area contributed by atoms with E-state index in [1.165, 1.54) is 7.11 Å². The maximum atomic E-state index is 12.4. The van der Waals surface area contributed by atoms with Crippen LogP contribution in [-0.2, 0) is 28.4 Å². The number of hydrogen-bond acceptors (Lipinski definition) is 9. The first-order valence-electron chi connectivity index (χ1n) is 10.6. The number of carbonyl (C=O) groups excluding carboxylic acids is 2. The average Bonchev–Trinajstić information content (AvgIpc) is 2.88. The predicted molar refractivity (Wildman–Crippen MR) is 115 cm³/mol. The monoisotopic (exact) mass is 459 g/mol. The molecule has 2 aliphatic heterocycles. The standard InChI is InChI=1S/C21H37N3O8/c1-11-12(13-14(15(27-10)28-11)30-21(8,9)29-13)22-16(23-17(25)31-19(2,3)4)24-18(26)32-20(5,6)7/h11-15H,1-10H3,(H2,22,23,24,25,26)/t11-,12-,13+,14+,15+/m0/s1. The van der Waals surface area contributed by atoms with E-state index in [4.69, 9.17) is 28.4 Å². The van der Waals surface area contributed by atoms with Crippen LogP contribution in [0.25, 0.3) is 0 Å². The second-order valence-electron chi connectivity index (χ2n) is 10.2.